The molecule has 2 atom stereocenters. The van der Waals surface area contributed by atoms with E-state index in [1.165, 1.54) is 0 Å². The highest BCUT2D eigenvalue weighted by atomic mass is 32.2. The van der Waals surface area contributed by atoms with Gasteiger partial charge in [0.05, 0.1) is 44.3 Å². The van der Waals surface area contributed by atoms with Crippen LogP contribution in [0.3, 0.4) is 0 Å². The van der Waals surface area contributed by atoms with Gasteiger partial charge >= 0.3 is 0 Å². The van der Waals surface area contributed by atoms with Crippen molar-refractivity contribution < 1.29 is 31.2 Å². The number of aromatic nitrogens is 3. The van der Waals surface area contributed by atoms with Crippen molar-refractivity contribution in [1.29, 1.82) is 5.26 Å². The summed E-state index contributed by atoms with van der Waals surface area (Å²) in [5.41, 5.74) is 3.11. The zero-order valence-electron chi connectivity index (χ0n) is 27.0. The van der Waals surface area contributed by atoms with Gasteiger partial charge in [0.1, 0.15) is 23.2 Å². The topological polar surface area (TPSA) is 127 Å². The summed E-state index contributed by atoms with van der Waals surface area (Å²) >= 11 is 0. The van der Waals surface area contributed by atoms with E-state index >= 15 is 0 Å². The fraction of sp³-hybridized carbons (Fsp3) is 0.613. The van der Waals surface area contributed by atoms with Crippen LogP contribution in [0.15, 0.2) is 30.5 Å². The molecule has 0 amide bonds. The molecule has 0 aliphatic carbocycles. The van der Waals surface area contributed by atoms with Crippen LogP contribution in [0.2, 0.25) is 18.1 Å². The number of hydrogen-bond donors (Lipinski definition) is 0. The Kier molecular flexibility index (Phi) is 11.0. The van der Waals surface area contributed by atoms with Gasteiger partial charge < -0.3 is 23.2 Å². The maximum absolute atomic E-state index is 11.1. The second-order valence-electron chi connectivity index (χ2n) is 12.9. The second-order valence-corrected chi connectivity index (χ2v) is 19.2. The third-order valence-electron chi connectivity index (χ3n) is 8.19. The third-order valence-corrected chi connectivity index (χ3v) is 13.1. The molecular weight excluding hydrogens is 601 g/mol. The fourth-order valence-corrected chi connectivity index (χ4v) is 6.20. The van der Waals surface area contributed by atoms with Crippen molar-refractivity contribution in [2.75, 3.05) is 39.3 Å². The maximum atomic E-state index is 11.1. The van der Waals surface area contributed by atoms with Crippen molar-refractivity contribution in [3.63, 3.8) is 0 Å². The molecule has 44 heavy (non-hydrogen) atoms. The standard InChI is InChI=1S/C31H46N4O7SSi/c1-23(22-41-43(5,36)37)39-17-16-38-15-13-34-21-24(18-25(34)20-32)30-27-19-26(42-44(6,7)31(2,3)4)11-12-28(27)35(33-30)29-10-8-9-14-40-29/h11-12,18-19,21,23,29H,8-10,13-17,22H2,1-7H3/t23-,29?/m1/s1. The molecule has 1 unspecified atom stereocenters. The lowest BCUT2D eigenvalue weighted by Crippen LogP contribution is -2.43. The summed E-state index contributed by atoms with van der Waals surface area (Å²) in [4.78, 5) is 0. The Morgan fingerprint density at radius 3 is 2.61 bits per heavy atom. The Bertz CT molecular complexity index is 1560. The first kappa shape index (κ1) is 34.1. The van der Waals surface area contributed by atoms with Gasteiger partial charge in [-0.25, -0.2) is 4.68 Å². The van der Waals surface area contributed by atoms with E-state index in [-0.39, 0.29) is 24.0 Å². The van der Waals surface area contributed by atoms with Crippen molar-refractivity contribution in [3.05, 3.63) is 36.2 Å². The van der Waals surface area contributed by atoms with Crippen molar-refractivity contribution >= 4 is 29.3 Å². The third kappa shape index (κ3) is 8.71. The predicted molar refractivity (Wildman–Crippen MR) is 172 cm³/mol. The van der Waals surface area contributed by atoms with E-state index in [4.69, 9.17) is 27.9 Å². The summed E-state index contributed by atoms with van der Waals surface area (Å²) in [6, 6.07) is 10.3. The highest BCUT2D eigenvalue weighted by Crippen LogP contribution is 2.40. The van der Waals surface area contributed by atoms with Crippen LogP contribution in [0.5, 0.6) is 5.75 Å². The van der Waals surface area contributed by atoms with E-state index in [1.807, 2.05) is 27.6 Å². The van der Waals surface area contributed by atoms with Crippen LogP contribution < -0.4 is 4.43 Å². The van der Waals surface area contributed by atoms with E-state index in [9.17, 15) is 13.7 Å². The van der Waals surface area contributed by atoms with Gasteiger partial charge in [0, 0.05) is 30.3 Å². The molecule has 1 aliphatic rings. The number of benzene rings is 1. The SMILES string of the molecule is C[C@H](COS(C)(=O)=O)OCCOCCn1cc(-c2nn(C3CCCCO3)c3ccc(O[Si](C)(C)C(C)(C)C)cc23)cc1C#N. The molecule has 0 radical (unpaired) electrons. The quantitative estimate of drug-likeness (QED) is 0.120. The van der Waals surface area contributed by atoms with Gasteiger partial charge in [-0.15, -0.1) is 0 Å². The smallest absolute Gasteiger partial charge is 0.264 e. The molecule has 3 heterocycles. The molecular formula is C31H46N4O7SSi. The molecule has 242 valence electrons. The Balaban J connectivity index is 1.51. The van der Waals surface area contributed by atoms with E-state index in [0.717, 1.165) is 53.4 Å². The van der Waals surface area contributed by atoms with Gasteiger partial charge in [0.15, 0.2) is 6.23 Å². The average Bonchev–Trinajstić information content (AvgIpc) is 3.54. The highest BCUT2D eigenvalue weighted by Gasteiger charge is 2.39. The number of rotatable bonds is 14. The first-order chi connectivity index (χ1) is 20.7. The van der Waals surface area contributed by atoms with Gasteiger partial charge in [-0.3, -0.25) is 4.18 Å². The lowest BCUT2D eigenvalue weighted by atomic mass is 10.1. The van der Waals surface area contributed by atoms with Gasteiger partial charge in [-0.05, 0) is 68.6 Å². The molecule has 0 bridgehead atoms. The van der Waals surface area contributed by atoms with Crippen molar-refractivity contribution in [2.24, 2.45) is 0 Å². The lowest BCUT2D eigenvalue weighted by Gasteiger charge is -2.36. The van der Waals surface area contributed by atoms with E-state index in [1.54, 1.807) is 6.92 Å². The van der Waals surface area contributed by atoms with E-state index < -0.39 is 18.4 Å². The predicted octanol–water partition coefficient (Wildman–Crippen LogP) is 5.86. The van der Waals surface area contributed by atoms with Crippen LogP contribution in [0, 0.1) is 11.3 Å². The van der Waals surface area contributed by atoms with Crippen LogP contribution in [-0.2, 0) is 35.1 Å². The fourth-order valence-electron chi connectivity index (χ4n) is 4.74. The summed E-state index contributed by atoms with van der Waals surface area (Å²) in [6.07, 6.45) is 5.46. The van der Waals surface area contributed by atoms with Crippen LogP contribution >= 0.6 is 0 Å². The largest absolute Gasteiger partial charge is 0.543 e. The Labute approximate surface area is 262 Å². The molecule has 1 saturated heterocycles. The molecule has 1 fully saturated rings. The minimum Gasteiger partial charge on any atom is -0.543 e. The van der Waals surface area contributed by atoms with Crippen molar-refractivity contribution in [2.45, 2.75) is 84.0 Å². The first-order valence-corrected chi connectivity index (χ1v) is 19.9. The molecule has 13 heteroatoms. The van der Waals surface area contributed by atoms with Gasteiger partial charge in [-0.1, -0.05) is 20.8 Å². The molecule has 11 nitrogen and oxygen atoms in total. The highest BCUT2D eigenvalue weighted by molar-refractivity contribution is 7.85. The summed E-state index contributed by atoms with van der Waals surface area (Å²) < 4.78 is 54.9. The summed E-state index contributed by atoms with van der Waals surface area (Å²) in [6.45, 7) is 15.0. The normalized spacial score (nSPS) is 17.1. The minimum atomic E-state index is -3.50. The van der Waals surface area contributed by atoms with Gasteiger partial charge in [0.25, 0.3) is 10.1 Å². The lowest BCUT2D eigenvalue weighted by molar-refractivity contribution is -0.0365. The van der Waals surface area contributed by atoms with Gasteiger partial charge in [-0.2, -0.15) is 18.8 Å². The molecule has 0 N–H and O–H groups in total. The number of nitrogens with zero attached hydrogens (tertiary/aromatic N) is 4. The maximum Gasteiger partial charge on any atom is 0.264 e. The number of fused-ring (bicyclic) bond motifs is 1. The minimum absolute atomic E-state index is 0.0439. The molecule has 4 rings (SSSR count). The molecule has 0 saturated carbocycles. The Hall–Kier alpha value is -2.73. The van der Waals surface area contributed by atoms with Crippen molar-refractivity contribution in [1.82, 2.24) is 14.3 Å². The molecule has 2 aromatic heterocycles. The zero-order chi connectivity index (χ0) is 32.1. The van der Waals surface area contributed by atoms with Crippen LogP contribution in [0.25, 0.3) is 22.2 Å². The van der Waals surface area contributed by atoms with Crippen LogP contribution in [0.4, 0.5) is 0 Å². The van der Waals surface area contributed by atoms with E-state index in [2.05, 4.69) is 52.1 Å². The monoisotopic (exact) mass is 646 g/mol. The Morgan fingerprint density at radius 1 is 1.18 bits per heavy atom. The summed E-state index contributed by atoms with van der Waals surface area (Å²) in [5.74, 6) is 0.821. The molecule has 1 aromatic carbocycles. The van der Waals surface area contributed by atoms with Gasteiger partial charge in [0.2, 0.25) is 8.32 Å². The van der Waals surface area contributed by atoms with Crippen LogP contribution in [0.1, 0.15) is 58.9 Å². The van der Waals surface area contributed by atoms with E-state index in [0.29, 0.717) is 38.7 Å². The Morgan fingerprint density at radius 2 is 1.95 bits per heavy atom. The second kappa shape index (κ2) is 14.1. The molecule has 0 spiro atoms. The summed E-state index contributed by atoms with van der Waals surface area (Å²) in [7, 11) is -5.56. The average molecular weight is 647 g/mol. The van der Waals surface area contributed by atoms with Crippen LogP contribution in [-0.4, -0.2) is 76.5 Å². The number of ether oxygens (including phenoxy) is 3. The molecule has 3 aromatic rings. The zero-order valence-corrected chi connectivity index (χ0v) is 28.8. The number of nitriles is 1. The molecule has 1 aliphatic heterocycles. The number of hydrogen-bond acceptors (Lipinski definition) is 9. The van der Waals surface area contributed by atoms with Crippen molar-refractivity contribution in [3.8, 4) is 23.1 Å². The first-order valence-electron chi connectivity index (χ1n) is 15.2. The summed E-state index contributed by atoms with van der Waals surface area (Å²) in [5, 5.41) is 16.0.